The van der Waals surface area contributed by atoms with Crippen molar-refractivity contribution in [2.24, 2.45) is 0 Å². The van der Waals surface area contributed by atoms with Crippen LogP contribution in [0.5, 0.6) is 0 Å². The first-order valence-electron chi connectivity index (χ1n) is 5.49. The van der Waals surface area contributed by atoms with Crippen molar-refractivity contribution in [3.8, 4) is 0 Å². The molecule has 0 aliphatic heterocycles. The molecule has 0 saturated heterocycles. The fraction of sp³-hybridized carbons (Fsp3) is 0.0833. The standard InChI is InChI=1S/C12H8Cl2N4O/c13-9-2-1-3-10(14)8(9)5-18-11-7(4-17-18)12(19)16-6-15-11/h1-4,6H,5H2,(H,15,16,19). The highest BCUT2D eigenvalue weighted by atomic mass is 35.5. The van der Waals surface area contributed by atoms with E-state index >= 15 is 0 Å². The molecule has 96 valence electrons. The molecule has 0 saturated carbocycles. The Morgan fingerprint density at radius 1 is 1.26 bits per heavy atom. The number of fused-ring (bicyclic) bond motifs is 1. The van der Waals surface area contributed by atoms with E-state index in [-0.39, 0.29) is 5.56 Å². The van der Waals surface area contributed by atoms with Gasteiger partial charge in [0.2, 0.25) is 0 Å². The Hall–Kier alpha value is -1.85. The molecule has 5 nitrogen and oxygen atoms in total. The lowest BCUT2D eigenvalue weighted by Crippen LogP contribution is -2.08. The molecular weight excluding hydrogens is 287 g/mol. The molecule has 3 rings (SSSR count). The highest BCUT2D eigenvalue weighted by Gasteiger charge is 2.11. The Labute approximate surface area is 117 Å². The van der Waals surface area contributed by atoms with Crippen molar-refractivity contribution in [1.82, 2.24) is 19.7 Å². The van der Waals surface area contributed by atoms with Crippen LogP contribution in [0.2, 0.25) is 10.0 Å². The minimum atomic E-state index is -0.221. The molecule has 7 heteroatoms. The second-order valence-corrected chi connectivity index (χ2v) is 4.79. The lowest BCUT2D eigenvalue weighted by Gasteiger charge is -2.07. The van der Waals surface area contributed by atoms with E-state index in [9.17, 15) is 4.79 Å². The Bertz CT molecular complexity index is 789. The maximum atomic E-state index is 11.6. The number of H-pyrrole nitrogens is 1. The van der Waals surface area contributed by atoms with Gasteiger partial charge >= 0.3 is 0 Å². The smallest absolute Gasteiger partial charge is 0.261 e. The largest absolute Gasteiger partial charge is 0.312 e. The van der Waals surface area contributed by atoms with Crippen molar-refractivity contribution in [3.05, 3.63) is 56.7 Å². The first-order valence-corrected chi connectivity index (χ1v) is 6.24. The summed E-state index contributed by atoms with van der Waals surface area (Å²) < 4.78 is 1.59. The fourth-order valence-corrected chi connectivity index (χ4v) is 2.37. The molecule has 0 bridgehead atoms. The molecule has 0 unspecified atom stereocenters. The quantitative estimate of drug-likeness (QED) is 0.790. The molecule has 1 N–H and O–H groups in total. The third-order valence-corrected chi connectivity index (χ3v) is 3.52. The van der Waals surface area contributed by atoms with Gasteiger partial charge in [0.15, 0.2) is 5.65 Å². The third kappa shape index (κ3) is 2.11. The van der Waals surface area contributed by atoms with Crippen LogP contribution >= 0.6 is 23.2 Å². The number of aromatic nitrogens is 4. The molecule has 0 aliphatic carbocycles. The molecule has 19 heavy (non-hydrogen) atoms. The summed E-state index contributed by atoms with van der Waals surface area (Å²) in [5.41, 5.74) is 1.03. The summed E-state index contributed by atoms with van der Waals surface area (Å²) in [4.78, 5) is 18.2. The van der Waals surface area contributed by atoms with Crippen LogP contribution in [0.4, 0.5) is 0 Å². The van der Waals surface area contributed by atoms with Gasteiger partial charge in [-0.3, -0.25) is 4.79 Å². The molecule has 0 aliphatic rings. The van der Waals surface area contributed by atoms with E-state index in [1.807, 2.05) is 0 Å². The second kappa shape index (κ2) is 4.68. The molecule has 3 aromatic rings. The third-order valence-electron chi connectivity index (χ3n) is 2.81. The van der Waals surface area contributed by atoms with Crippen LogP contribution in [-0.4, -0.2) is 19.7 Å². The zero-order valence-corrected chi connectivity index (χ0v) is 11.1. The van der Waals surface area contributed by atoms with Crippen molar-refractivity contribution in [3.63, 3.8) is 0 Å². The topological polar surface area (TPSA) is 63.6 Å². The molecule has 2 aromatic heterocycles. The zero-order chi connectivity index (χ0) is 13.4. The summed E-state index contributed by atoms with van der Waals surface area (Å²) in [7, 11) is 0. The summed E-state index contributed by atoms with van der Waals surface area (Å²) in [6.45, 7) is 0.360. The van der Waals surface area contributed by atoms with Crippen molar-refractivity contribution < 1.29 is 0 Å². The number of aromatic amines is 1. The van der Waals surface area contributed by atoms with Crippen molar-refractivity contribution >= 4 is 34.2 Å². The summed E-state index contributed by atoms with van der Waals surface area (Å²) in [5.74, 6) is 0. The number of hydrogen-bond donors (Lipinski definition) is 1. The van der Waals surface area contributed by atoms with Gasteiger partial charge in [0, 0.05) is 15.6 Å². The van der Waals surface area contributed by atoms with E-state index in [4.69, 9.17) is 23.2 Å². The van der Waals surface area contributed by atoms with E-state index < -0.39 is 0 Å². The van der Waals surface area contributed by atoms with E-state index in [0.717, 1.165) is 5.56 Å². The van der Waals surface area contributed by atoms with Crippen LogP contribution in [0, 0.1) is 0 Å². The van der Waals surface area contributed by atoms with Crippen LogP contribution in [0.3, 0.4) is 0 Å². The molecule has 0 amide bonds. The van der Waals surface area contributed by atoms with Crippen LogP contribution in [0.15, 0.2) is 35.5 Å². The average Bonchev–Trinajstić information content (AvgIpc) is 2.79. The summed E-state index contributed by atoms with van der Waals surface area (Å²) in [6.07, 6.45) is 2.82. The number of halogens is 2. The summed E-state index contributed by atoms with van der Waals surface area (Å²) >= 11 is 12.2. The van der Waals surface area contributed by atoms with Crippen molar-refractivity contribution in [2.75, 3.05) is 0 Å². The maximum Gasteiger partial charge on any atom is 0.261 e. The Morgan fingerprint density at radius 2 is 2.00 bits per heavy atom. The highest BCUT2D eigenvalue weighted by Crippen LogP contribution is 2.25. The zero-order valence-electron chi connectivity index (χ0n) is 9.60. The van der Waals surface area contributed by atoms with E-state index in [0.29, 0.717) is 27.6 Å². The normalized spacial score (nSPS) is 11.1. The number of nitrogens with one attached hydrogen (secondary N) is 1. The Morgan fingerprint density at radius 3 is 2.74 bits per heavy atom. The number of nitrogens with zero attached hydrogens (tertiary/aromatic N) is 3. The van der Waals surface area contributed by atoms with E-state index in [1.54, 1.807) is 22.9 Å². The predicted molar refractivity (Wildman–Crippen MR) is 73.7 cm³/mol. The van der Waals surface area contributed by atoms with E-state index in [1.165, 1.54) is 12.5 Å². The van der Waals surface area contributed by atoms with Gasteiger partial charge in [0.05, 0.1) is 19.1 Å². The summed E-state index contributed by atoms with van der Waals surface area (Å²) in [6, 6.07) is 5.29. The molecule has 0 atom stereocenters. The van der Waals surface area contributed by atoms with E-state index in [2.05, 4.69) is 15.1 Å². The molecule has 0 radical (unpaired) electrons. The Kier molecular flexibility index (Phi) is 3.00. The van der Waals surface area contributed by atoms with Crippen molar-refractivity contribution in [2.45, 2.75) is 6.54 Å². The van der Waals surface area contributed by atoms with Gasteiger partial charge in [-0.05, 0) is 12.1 Å². The monoisotopic (exact) mass is 294 g/mol. The van der Waals surface area contributed by atoms with Gasteiger partial charge in [0.25, 0.3) is 5.56 Å². The average molecular weight is 295 g/mol. The van der Waals surface area contributed by atoms with Crippen molar-refractivity contribution in [1.29, 1.82) is 0 Å². The van der Waals surface area contributed by atoms with Gasteiger partial charge in [-0.1, -0.05) is 29.3 Å². The molecule has 0 spiro atoms. The van der Waals surface area contributed by atoms with Gasteiger partial charge in [-0.2, -0.15) is 5.10 Å². The fourth-order valence-electron chi connectivity index (χ4n) is 1.85. The maximum absolute atomic E-state index is 11.6. The van der Waals surface area contributed by atoms with Crippen LogP contribution in [0.25, 0.3) is 11.0 Å². The van der Waals surface area contributed by atoms with Crippen LogP contribution in [0.1, 0.15) is 5.56 Å². The molecule has 1 aromatic carbocycles. The first kappa shape index (κ1) is 12.2. The van der Waals surface area contributed by atoms with Gasteiger partial charge in [-0.25, -0.2) is 9.67 Å². The van der Waals surface area contributed by atoms with Gasteiger partial charge < -0.3 is 4.98 Å². The highest BCUT2D eigenvalue weighted by molar-refractivity contribution is 6.35. The lowest BCUT2D eigenvalue weighted by molar-refractivity contribution is 0.704. The number of hydrogen-bond acceptors (Lipinski definition) is 3. The van der Waals surface area contributed by atoms with Gasteiger partial charge in [0.1, 0.15) is 5.39 Å². The lowest BCUT2D eigenvalue weighted by atomic mass is 10.2. The molecule has 0 fully saturated rings. The predicted octanol–water partition coefficient (Wildman–Crippen LogP) is 2.47. The first-order chi connectivity index (χ1) is 9.16. The second-order valence-electron chi connectivity index (χ2n) is 3.97. The molecular formula is C12H8Cl2N4O. The van der Waals surface area contributed by atoms with Crippen LogP contribution < -0.4 is 5.56 Å². The minimum Gasteiger partial charge on any atom is -0.312 e. The minimum absolute atomic E-state index is 0.221. The SMILES string of the molecule is O=c1[nH]cnc2c1cnn2Cc1c(Cl)cccc1Cl. The summed E-state index contributed by atoms with van der Waals surface area (Å²) in [5, 5.41) is 5.70. The van der Waals surface area contributed by atoms with Gasteiger partial charge in [-0.15, -0.1) is 0 Å². The number of benzene rings is 1. The van der Waals surface area contributed by atoms with Crippen LogP contribution in [-0.2, 0) is 6.54 Å². The number of rotatable bonds is 2. The molecule has 2 heterocycles. The Balaban J connectivity index is 2.12.